The lowest BCUT2D eigenvalue weighted by atomic mass is 9.94. The van der Waals surface area contributed by atoms with E-state index in [1.807, 2.05) is 18.2 Å². The predicted octanol–water partition coefficient (Wildman–Crippen LogP) is 3.67. The quantitative estimate of drug-likeness (QED) is 0.644. The molecule has 0 saturated heterocycles. The number of nitrogen functional groups attached to an aromatic ring is 1. The van der Waals surface area contributed by atoms with Crippen LogP contribution in [0.25, 0.3) is 11.0 Å². The van der Waals surface area contributed by atoms with Gasteiger partial charge < -0.3 is 10.7 Å². The van der Waals surface area contributed by atoms with Gasteiger partial charge in [-0.25, -0.2) is 4.98 Å². The number of hydrogen-bond donors (Lipinski definition) is 2. The Labute approximate surface area is 106 Å². The number of nitrogens with two attached hydrogens (primary N) is 1. The SMILES string of the molecule is CC(C)(C)CCSc1nc2ccc(N)cc2[nH]1. The zero-order valence-corrected chi connectivity index (χ0v) is 11.4. The zero-order valence-electron chi connectivity index (χ0n) is 10.6. The van der Waals surface area contributed by atoms with E-state index in [2.05, 4.69) is 30.7 Å². The summed E-state index contributed by atoms with van der Waals surface area (Å²) in [7, 11) is 0. The molecule has 2 rings (SSSR count). The van der Waals surface area contributed by atoms with Crippen LogP contribution in [-0.2, 0) is 0 Å². The van der Waals surface area contributed by atoms with Gasteiger partial charge in [0.05, 0.1) is 11.0 Å². The highest BCUT2D eigenvalue weighted by molar-refractivity contribution is 7.99. The maximum Gasteiger partial charge on any atom is 0.166 e. The van der Waals surface area contributed by atoms with Crippen molar-refractivity contribution in [1.82, 2.24) is 9.97 Å². The number of H-pyrrole nitrogens is 1. The van der Waals surface area contributed by atoms with Crippen molar-refractivity contribution in [3.8, 4) is 0 Å². The lowest BCUT2D eigenvalue weighted by Crippen LogP contribution is -2.05. The van der Waals surface area contributed by atoms with Crippen molar-refractivity contribution in [2.75, 3.05) is 11.5 Å². The average Bonchev–Trinajstić information content (AvgIpc) is 2.57. The normalized spacial score (nSPS) is 12.2. The molecule has 0 atom stereocenters. The Morgan fingerprint density at radius 1 is 1.35 bits per heavy atom. The molecule has 3 N–H and O–H groups in total. The fraction of sp³-hybridized carbons (Fsp3) is 0.462. The van der Waals surface area contributed by atoms with Gasteiger partial charge in [0, 0.05) is 11.4 Å². The number of anilines is 1. The van der Waals surface area contributed by atoms with Crippen molar-refractivity contribution < 1.29 is 0 Å². The van der Waals surface area contributed by atoms with Crippen LogP contribution in [0.4, 0.5) is 5.69 Å². The molecule has 0 spiro atoms. The number of nitrogens with zero attached hydrogens (tertiary/aromatic N) is 1. The molecule has 0 aliphatic heterocycles. The van der Waals surface area contributed by atoms with Crippen LogP contribution in [0.15, 0.2) is 23.4 Å². The standard InChI is InChI=1S/C13H19N3S/c1-13(2,3)6-7-17-12-15-10-5-4-9(14)8-11(10)16-12/h4-5,8H,6-7,14H2,1-3H3,(H,15,16). The molecule has 1 heterocycles. The minimum Gasteiger partial charge on any atom is -0.399 e. The number of rotatable bonds is 3. The third-order valence-corrected chi connectivity index (χ3v) is 3.45. The first-order chi connectivity index (χ1) is 7.94. The Morgan fingerprint density at radius 3 is 2.82 bits per heavy atom. The Bertz CT molecular complexity index is 511. The van der Waals surface area contributed by atoms with Gasteiger partial charge in [-0.1, -0.05) is 32.5 Å². The first-order valence-corrected chi connectivity index (χ1v) is 6.81. The van der Waals surface area contributed by atoms with Crippen molar-refractivity contribution in [3.05, 3.63) is 18.2 Å². The van der Waals surface area contributed by atoms with Crippen molar-refractivity contribution in [3.63, 3.8) is 0 Å². The number of aromatic nitrogens is 2. The highest BCUT2D eigenvalue weighted by Crippen LogP contribution is 2.26. The molecule has 1 aromatic heterocycles. The number of fused-ring (bicyclic) bond motifs is 1. The number of imidazole rings is 1. The van der Waals surface area contributed by atoms with Crippen LogP contribution in [0.1, 0.15) is 27.2 Å². The maximum absolute atomic E-state index is 5.74. The van der Waals surface area contributed by atoms with E-state index in [4.69, 9.17) is 5.73 Å². The molecule has 0 bridgehead atoms. The second kappa shape index (κ2) is 4.61. The summed E-state index contributed by atoms with van der Waals surface area (Å²) in [5, 5.41) is 0.981. The number of benzene rings is 1. The fourth-order valence-corrected chi connectivity index (χ4v) is 2.78. The Hall–Kier alpha value is -1.16. The van der Waals surface area contributed by atoms with Crippen LogP contribution in [0.5, 0.6) is 0 Å². The van der Waals surface area contributed by atoms with Crippen molar-refractivity contribution in [1.29, 1.82) is 0 Å². The molecular weight excluding hydrogens is 230 g/mol. The molecule has 0 unspecified atom stereocenters. The van der Waals surface area contributed by atoms with E-state index in [9.17, 15) is 0 Å². The number of hydrogen-bond acceptors (Lipinski definition) is 3. The van der Waals surface area contributed by atoms with Crippen LogP contribution in [-0.4, -0.2) is 15.7 Å². The molecule has 1 aromatic carbocycles. The van der Waals surface area contributed by atoms with Crippen molar-refractivity contribution in [2.45, 2.75) is 32.3 Å². The Morgan fingerprint density at radius 2 is 2.12 bits per heavy atom. The molecule has 3 nitrogen and oxygen atoms in total. The molecular formula is C13H19N3S. The maximum atomic E-state index is 5.74. The first-order valence-electron chi connectivity index (χ1n) is 5.82. The van der Waals surface area contributed by atoms with Crippen LogP contribution in [0, 0.1) is 5.41 Å². The minimum atomic E-state index is 0.378. The van der Waals surface area contributed by atoms with E-state index >= 15 is 0 Å². The number of aromatic amines is 1. The van der Waals surface area contributed by atoms with Gasteiger partial charge in [-0.3, -0.25) is 0 Å². The van der Waals surface area contributed by atoms with E-state index in [1.165, 1.54) is 6.42 Å². The predicted molar refractivity (Wildman–Crippen MR) is 75.3 cm³/mol. The summed E-state index contributed by atoms with van der Waals surface area (Å²) in [4.78, 5) is 7.82. The summed E-state index contributed by atoms with van der Waals surface area (Å²) in [6.45, 7) is 6.77. The second-order valence-corrected chi connectivity index (χ2v) is 6.56. The van der Waals surface area contributed by atoms with Gasteiger partial charge in [0.1, 0.15) is 0 Å². The number of nitrogens with one attached hydrogen (secondary N) is 1. The first kappa shape index (κ1) is 12.3. The molecule has 0 aliphatic carbocycles. The Kier molecular flexibility index (Phi) is 3.33. The number of thioether (sulfide) groups is 1. The highest BCUT2D eigenvalue weighted by atomic mass is 32.2. The molecule has 17 heavy (non-hydrogen) atoms. The molecule has 0 aliphatic rings. The van der Waals surface area contributed by atoms with Gasteiger partial charge in [-0.05, 0) is 30.0 Å². The summed E-state index contributed by atoms with van der Waals surface area (Å²) in [6.07, 6.45) is 1.18. The molecule has 0 radical (unpaired) electrons. The third-order valence-electron chi connectivity index (χ3n) is 2.58. The third kappa shape index (κ3) is 3.40. The molecule has 0 fully saturated rings. The summed E-state index contributed by atoms with van der Waals surface area (Å²) < 4.78 is 0. The topological polar surface area (TPSA) is 54.7 Å². The Balaban J connectivity index is 2.05. The van der Waals surface area contributed by atoms with Gasteiger partial charge >= 0.3 is 0 Å². The van der Waals surface area contributed by atoms with Crippen LogP contribution >= 0.6 is 11.8 Å². The zero-order chi connectivity index (χ0) is 12.5. The van der Waals surface area contributed by atoms with Crippen LogP contribution in [0.3, 0.4) is 0 Å². The monoisotopic (exact) mass is 249 g/mol. The van der Waals surface area contributed by atoms with Crippen LogP contribution in [0.2, 0.25) is 0 Å². The summed E-state index contributed by atoms with van der Waals surface area (Å²) in [5.41, 5.74) is 8.89. The smallest absolute Gasteiger partial charge is 0.166 e. The van der Waals surface area contributed by atoms with Gasteiger partial charge in [-0.15, -0.1) is 0 Å². The summed E-state index contributed by atoms with van der Waals surface area (Å²) >= 11 is 1.77. The van der Waals surface area contributed by atoms with Crippen molar-refractivity contribution >= 4 is 28.5 Å². The largest absolute Gasteiger partial charge is 0.399 e. The van der Waals surface area contributed by atoms with Gasteiger partial charge in [0.25, 0.3) is 0 Å². The lowest BCUT2D eigenvalue weighted by molar-refractivity contribution is 0.401. The van der Waals surface area contributed by atoms with E-state index < -0.39 is 0 Å². The van der Waals surface area contributed by atoms with E-state index in [0.29, 0.717) is 5.41 Å². The molecule has 2 aromatic rings. The summed E-state index contributed by atoms with van der Waals surface area (Å²) in [5.74, 6) is 1.08. The average molecular weight is 249 g/mol. The molecule has 0 saturated carbocycles. The van der Waals surface area contributed by atoms with Crippen LogP contribution < -0.4 is 5.73 Å². The fourth-order valence-electron chi connectivity index (χ4n) is 1.53. The molecule has 4 heteroatoms. The van der Waals surface area contributed by atoms with Gasteiger partial charge in [0.15, 0.2) is 5.16 Å². The molecule has 92 valence electrons. The van der Waals surface area contributed by atoms with Gasteiger partial charge in [0.2, 0.25) is 0 Å². The molecule has 0 amide bonds. The van der Waals surface area contributed by atoms with Crippen molar-refractivity contribution in [2.24, 2.45) is 5.41 Å². The highest BCUT2D eigenvalue weighted by Gasteiger charge is 2.10. The van der Waals surface area contributed by atoms with E-state index in [1.54, 1.807) is 11.8 Å². The minimum absolute atomic E-state index is 0.378. The van der Waals surface area contributed by atoms with E-state index in [-0.39, 0.29) is 0 Å². The second-order valence-electron chi connectivity index (χ2n) is 5.48. The summed E-state index contributed by atoms with van der Waals surface area (Å²) in [6, 6.07) is 5.76. The van der Waals surface area contributed by atoms with E-state index in [0.717, 1.165) is 27.6 Å². The lowest BCUT2D eigenvalue weighted by Gasteiger charge is -2.16. The van der Waals surface area contributed by atoms with Gasteiger partial charge in [-0.2, -0.15) is 0 Å².